The van der Waals surface area contributed by atoms with Crippen LogP contribution in [0, 0.1) is 0 Å². The standard InChI is InChI=1S/C14H20N2O3.2ClH/c1-18-14(17)11-19-13-4-2-3-12(9-13)10-16-7-5-15-6-8-16;;/h2-4,9,15H,5-8,10-11H2,1H3;2*1H. The van der Waals surface area contributed by atoms with E-state index in [0.29, 0.717) is 5.75 Å². The molecule has 0 radical (unpaired) electrons. The van der Waals surface area contributed by atoms with Crippen LogP contribution in [0.4, 0.5) is 0 Å². The van der Waals surface area contributed by atoms with Gasteiger partial charge in [0.15, 0.2) is 6.61 Å². The third-order valence-electron chi connectivity index (χ3n) is 3.10. The number of esters is 1. The molecule has 0 bridgehead atoms. The molecule has 1 fully saturated rings. The molecule has 0 unspecified atom stereocenters. The summed E-state index contributed by atoms with van der Waals surface area (Å²) in [6, 6.07) is 7.85. The highest BCUT2D eigenvalue weighted by Crippen LogP contribution is 2.15. The van der Waals surface area contributed by atoms with Crippen molar-refractivity contribution in [2.75, 3.05) is 39.9 Å². The molecule has 5 nitrogen and oxygen atoms in total. The monoisotopic (exact) mass is 336 g/mol. The number of carbonyl (C=O) groups is 1. The second-order valence-electron chi connectivity index (χ2n) is 4.54. The molecule has 0 aromatic heterocycles. The van der Waals surface area contributed by atoms with Crippen molar-refractivity contribution in [2.24, 2.45) is 0 Å². The van der Waals surface area contributed by atoms with Crippen molar-refractivity contribution in [1.82, 2.24) is 10.2 Å². The van der Waals surface area contributed by atoms with Crippen molar-refractivity contribution in [3.8, 4) is 5.75 Å². The van der Waals surface area contributed by atoms with Gasteiger partial charge in [-0.1, -0.05) is 12.1 Å². The van der Waals surface area contributed by atoms with Crippen LogP contribution in [0.5, 0.6) is 5.75 Å². The minimum absolute atomic E-state index is 0. The van der Waals surface area contributed by atoms with Gasteiger partial charge in [-0.25, -0.2) is 4.79 Å². The number of halogens is 2. The summed E-state index contributed by atoms with van der Waals surface area (Å²) < 4.78 is 9.93. The summed E-state index contributed by atoms with van der Waals surface area (Å²) in [6.45, 7) is 5.07. The van der Waals surface area contributed by atoms with Gasteiger partial charge in [-0.2, -0.15) is 0 Å². The van der Waals surface area contributed by atoms with E-state index in [9.17, 15) is 4.79 Å². The fourth-order valence-corrected chi connectivity index (χ4v) is 2.06. The number of ether oxygens (including phenoxy) is 2. The lowest BCUT2D eigenvalue weighted by Crippen LogP contribution is -2.42. The molecule has 0 atom stereocenters. The molecule has 0 saturated carbocycles. The van der Waals surface area contributed by atoms with Crippen molar-refractivity contribution in [2.45, 2.75) is 6.54 Å². The number of piperazine rings is 1. The van der Waals surface area contributed by atoms with Crippen LogP contribution in [0.2, 0.25) is 0 Å². The Morgan fingerprint density at radius 2 is 2.00 bits per heavy atom. The van der Waals surface area contributed by atoms with Gasteiger partial charge in [0.1, 0.15) is 5.75 Å². The van der Waals surface area contributed by atoms with Gasteiger partial charge in [0.25, 0.3) is 0 Å². The summed E-state index contributed by atoms with van der Waals surface area (Å²) in [5, 5.41) is 3.33. The van der Waals surface area contributed by atoms with E-state index >= 15 is 0 Å². The molecular formula is C14H22Cl2N2O3. The smallest absolute Gasteiger partial charge is 0.343 e. The molecule has 7 heteroatoms. The van der Waals surface area contributed by atoms with Gasteiger partial charge in [0, 0.05) is 32.7 Å². The maximum atomic E-state index is 11.0. The van der Waals surface area contributed by atoms with Crippen LogP contribution >= 0.6 is 24.8 Å². The van der Waals surface area contributed by atoms with E-state index in [4.69, 9.17) is 4.74 Å². The average Bonchev–Trinajstić information content (AvgIpc) is 2.46. The quantitative estimate of drug-likeness (QED) is 0.825. The number of methoxy groups -OCH3 is 1. The summed E-state index contributed by atoms with van der Waals surface area (Å²) >= 11 is 0. The van der Waals surface area contributed by atoms with E-state index < -0.39 is 0 Å². The molecule has 120 valence electrons. The largest absolute Gasteiger partial charge is 0.482 e. The van der Waals surface area contributed by atoms with Crippen LogP contribution in [-0.4, -0.2) is 50.8 Å². The Hall–Kier alpha value is -1.01. The van der Waals surface area contributed by atoms with Crippen LogP contribution in [-0.2, 0) is 16.1 Å². The van der Waals surface area contributed by atoms with E-state index in [-0.39, 0.29) is 37.4 Å². The highest BCUT2D eigenvalue weighted by molar-refractivity contribution is 5.85. The maximum absolute atomic E-state index is 11.0. The predicted molar refractivity (Wildman–Crippen MR) is 86.6 cm³/mol. The van der Waals surface area contributed by atoms with E-state index in [1.165, 1.54) is 12.7 Å². The topological polar surface area (TPSA) is 50.8 Å². The summed E-state index contributed by atoms with van der Waals surface area (Å²) in [6.07, 6.45) is 0. The summed E-state index contributed by atoms with van der Waals surface area (Å²) in [5.74, 6) is 0.338. The lowest BCUT2D eigenvalue weighted by atomic mass is 10.2. The molecule has 1 saturated heterocycles. The fraction of sp³-hybridized carbons (Fsp3) is 0.500. The second kappa shape index (κ2) is 10.7. The first-order valence-corrected chi connectivity index (χ1v) is 6.49. The van der Waals surface area contributed by atoms with Gasteiger partial charge in [-0.3, -0.25) is 4.90 Å². The zero-order valence-corrected chi connectivity index (χ0v) is 13.7. The Labute approximate surface area is 137 Å². The van der Waals surface area contributed by atoms with Crippen LogP contribution < -0.4 is 10.1 Å². The van der Waals surface area contributed by atoms with E-state index in [0.717, 1.165) is 32.7 Å². The summed E-state index contributed by atoms with van der Waals surface area (Å²) in [5.41, 5.74) is 1.20. The number of nitrogens with zero attached hydrogens (tertiary/aromatic N) is 1. The van der Waals surface area contributed by atoms with E-state index in [1.807, 2.05) is 18.2 Å². The number of hydrogen-bond acceptors (Lipinski definition) is 5. The Morgan fingerprint density at radius 1 is 1.29 bits per heavy atom. The average molecular weight is 337 g/mol. The first-order valence-electron chi connectivity index (χ1n) is 6.49. The highest BCUT2D eigenvalue weighted by Gasteiger charge is 2.10. The van der Waals surface area contributed by atoms with Crippen molar-refractivity contribution in [1.29, 1.82) is 0 Å². The van der Waals surface area contributed by atoms with Crippen LogP contribution in [0.15, 0.2) is 24.3 Å². The van der Waals surface area contributed by atoms with Gasteiger partial charge in [-0.15, -0.1) is 24.8 Å². The first-order chi connectivity index (χ1) is 9.28. The molecule has 0 aliphatic carbocycles. The van der Waals surface area contributed by atoms with Gasteiger partial charge in [0.2, 0.25) is 0 Å². The van der Waals surface area contributed by atoms with Gasteiger partial charge in [-0.05, 0) is 17.7 Å². The first kappa shape index (κ1) is 20.0. The molecule has 1 N–H and O–H groups in total. The Kier molecular flexibility index (Phi) is 10.2. The number of rotatable bonds is 5. The van der Waals surface area contributed by atoms with Gasteiger partial charge >= 0.3 is 5.97 Å². The van der Waals surface area contributed by atoms with Crippen molar-refractivity contribution < 1.29 is 14.3 Å². The maximum Gasteiger partial charge on any atom is 0.343 e. The molecule has 2 rings (SSSR count). The van der Waals surface area contributed by atoms with Crippen molar-refractivity contribution in [3.05, 3.63) is 29.8 Å². The minimum atomic E-state index is -0.368. The zero-order valence-electron chi connectivity index (χ0n) is 12.0. The van der Waals surface area contributed by atoms with Gasteiger partial charge < -0.3 is 14.8 Å². The fourth-order valence-electron chi connectivity index (χ4n) is 2.06. The lowest BCUT2D eigenvalue weighted by molar-refractivity contribution is -0.142. The third kappa shape index (κ3) is 7.00. The Balaban J connectivity index is 0.00000200. The second-order valence-corrected chi connectivity index (χ2v) is 4.54. The molecule has 1 aliphatic rings. The molecule has 0 amide bonds. The van der Waals surface area contributed by atoms with Crippen molar-refractivity contribution in [3.63, 3.8) is 0 Å². The molecule has 21 heavy (non-hydrogen) atoms. The lowest BCUT2D eigenvalue weighted by Gasteiger charge is -2.27. The molecule has 1 aromatic rings. The third-order valence-corrected chi connectivity index (χ3v) is 3.10. The van der Waals surface area contributed by atoms with Gasteiger partial charge in [0.05, 0.1) is 7.11 Å². The van der Waals surface area contributed by atoms with E-state index in [2.05, 4.69) is 21.0 Å². The van der Waals surface area contributed by atoms with Crippen LogP contribution in [0.25, 0.3) is 0 Å². The number of carbonyl (C=O) groups excluding carboxylic acids is 1. The zero-order chi connectivity index (χ0) is 13.5. The van der Waals surface area contributed by atoms with Crippen molar-refractivity contribution >= 4 is 30.8 Å². The SMILES string of the molecule is COC(=O)COc1cccc(CN2CCNCC2)c1.Cl.Cl. The highest BCUT2D eigenvalue weighted by atomic mass is 35.5. The molecule has 1 aliphatic heterocycles. The molecule has 1 aromatic carbocycles. The van der Waals surface area contributed by atoms with Crippen LogP contribution in [0.1, 0.15) is 5.56 Å². The minimum Gasteiger partial charge on any atom is -0.482 e. The molecule has 0 spiro atoms. The van der Waals surface area contributed by atoms with Crippen LogP contribution in [0.3, 0.4) is 0 Å². The summed E-state index contributed by atoms with van der Waals surface area (Å²) in [7, 11) is 1.35. The predicted octanol–water partition coefficient (Wildman–Crippen LogP) is 1.49. The molecular weight excluding hydrogens is 315 g/mol. The summed E-state index contributed by atoms with van der Waals surface area (Å²) in [4.78, 5) is 13.4. The number of hydrogen-bond donors (Lipinski definition) is 1. The number of benzene rings is 1. The number of nitrogens with one attached hydrogen (secondary N) is 1. The van der Waals surface area contributed by atoms with E-state index in [1.54, 1.807) is 0 Å². The Morgan fingerprint density at radius 3 is 2.67 bits per heavy atom. The Bertz CT molecular complexity index is 426. The normalized spacial score (nSPS) is 14.5. The molecule has 1 heterocycles.